The van der Waals surface area contributed by atoms with Crippen LogP contribution in [0.4, 0.5) is 0 Å². The summed E-state index contributed by atoms with van der Waals surface area (Å²) in [6.45, 7) is 2.43. The summed E-state index contributed by atoms with van der Waals surface area (Å²) in [6.07, 6.45) is 3.96. The molecule has 0 aliphatic carbocycles. The van der Waals surface area contributed by atoms with Gasteiger partial charge in [-0.25, -0.2) is 0 Å². The Kier molecular flexibility index (Phi) is 3.26. The van der Waals surface area contributed by atoms with Crippen LogP contribution in [0.2, 0.25) is 0 Å². The predicted octanol–water partition coefficient (Wildman–Crippen LogP) is 1.35. The zero-order chi connectivity index (χ0) is 8.81. The summed E-state index contributed by atoms with van der Waals surface area (Å²) in [5, 5.41) is 2.78. The number of carbonyl (C=O) groups is 1. The lowest BCUT2D eigenvalue weighted by atomic mass is 10.2. The zero-order valence-electron chi connectivity index (χ0n) is 7.08. The third-order valence-corrected chi connectivity index (χ3v) is 1.56. The van der Waals surface area contributed by atoms with Crippen LogP contribution in [-0.4, -0.2) is 10.9 Å². The number of hydrogen-bond acceptors (Lipinski definition) is 2. The summed E-state index contributed by atoms with van der Waals surface area (Å²) >= 11 is 0. The Morgan fingerprint density at radius 2 is 2.25 bits per heavy atom. The quantitative estimate of drug-likeness (QED) is 0.736. The summed E-state index contributed by atoms with van der Waals surface area (Å²) in [7, 11) is 0. The van der Waals surface area contributed by atoms with Crippen molar-refractivity contribution in [1.82, 2.24) is 10.3 Å². The molecular formula is C9H14N2O. The fourth-order valence-corrected chi connectivity index (χ4v) is 0.826. The van der Waals surface area contributed by atoms with Crippen LogP contribution >= 0.6 is 0 Å². The second-order valence-corrected chi connectivity index (χ2v) is 2.49. The molecule has 0 saturated heterocycles. The molecule has 0 aliphatic heterocycles. The van der Waals surface area contributed by atoms with E-state index in [9.17, 15) is 4.79 Å². The predicted molar refractivity (Wildman–Crippen MR) is 48.5 cm³/mol. The molecule has 0 bridgehead atoms. The molecule has 0 aromatic carbocycles. The average Bonchev–Trinajstić information content (AvgIpc) is 2.16. The second kappa shape index (κ2) is 4.49. The Balaban J connectivity index is 0.00000144. The van der Waals surface area contributed by atoms with Gasteiger partial charge >= 0.3 is 0 Å². The fraction of sp³-hybridized carbons (Fsp3) is 0.333. The van der Waals surface area contributed by atoms with Crippen molar-refractivity contribution in [1.29, 1.82) is 0 Å². The van der Waals surface area contributed by atoms with Crippen molar-refractivity contribution in [2.24, 2.45) is 0 Å². The van der Waals surface area contributed by atoms with Crippen molar-refractivity contribution in [2.75, 3.05) is 0 Å². The molecule has 12 heavy (non-hydrogen) atoms. The lowest BCUT2D eigenvalue weighted by molar-refractivity contribution is -0.120. The zero-order valence-corrected chi connectivity index (χ0v) is 7.08. The van der Waals surface area contributed by atoms with Crippen molar-refractivity contribution < 1.29 is 6.22 Å². The minimum absolute atomic E-state index is 0. The first kappa shape index (κ1) is 8.71. The highest BCUT2D eigenvalue weighted by Gasteiger charge is 1.95. The lowest BCUT2D eigenvalue weighted by Crippen LogP contribution is -2.21. The molecule has 0 fully saturated rings. The lowest BCUT2D eigenvalue weighted by Gasteiger charge is -2.01. The molecule has 1 N–H and O–H groups in total. The second-order valence-electron chi connectivity index (χ2n) is 2.49. The normalized spacial score (nSPS) is 9.42. The topological polar surface area (TPSA) is 42.0 Å². The third-order valence-electron chi connectivity index (χ3n) is 1.56. The van der Waals surface area contributed by atoms with Gasteiger partial charge in [0.25, 0.3) is 0 Å². The maximum atomic E-state index is 10.9. The first-order chi connectivity index (χ1) is 5.83. The summed E-state index contributed by atoms with van der Waals surface area (Å²) in [5.41, 5.74) is 1.08. The van der Waals surface area contributed by atoms with Gasteiger partial charge in [-0.2, -0.15) is 0 Å². The fourth-order valence-electron chi connectivity index (χ4n) is 0.826. The standard InChI is InChI=1S/C9H12N2O.H2/c1-2-9(12)11-7-8-3-5-10-6-4-8;/h3-6H,2,7H2,1H3,(H,11,12);1H. The molecule has 0 spiro atoms. The van der Waals surface area contributed by atoms with Crippen LogP contribution in [0.5, 0.6) is 0 Å². The Hall–Kier alpha value is -1.38. The largest absolute Gasteiger partial charge is 0.352 e. The van der Waals surface area contributed by atoms with Gasteiger partial charge in [0.2, 0.25) is 5.91 Å². The highest BCUT2D eigenvalue weighted by atomic mass is 16.1. The van der Waals surface area contributed by atoms with Gasteiger partial charge < -0.3 is 5.32 Å². The van der Waals surface area contributed by atoms with Gasteiger partial charge in [-0.3, -0.25) is 9.78 Å². The molecule has 0 aliphatic rings. The smallest absolute Gasteiger partial charge is 0.219 e. The highest BCUT2D eigenvalue weighted by Crippen LogP contribution is 1.94. The van der Waals surface area contributed by atoms with E-state index in [0.717, 1.165) is 5.56 Å². The van der Waals surface area contributed by atoms with E-state index in [0.29, 0.717) is 13.0 Å². The number of pyridine rings is 1. The molecule has 0 saturated carbocycles. The van der Waals surface area contributed by atoms with Crippen molar-refractivity contribution in [3.05, 3.63) is 30.1 Å². The number of aromatic nitrogens is 1. The maximum absolute atomic E-state index is 10.9. The van der Waals surface area contributed by atoms with E-state index in [-0.39, 0.29) is 7.33 Å². The van der Waals surface area contributed by atoms with Crippen molar-refractivity contribution in [3.63, 3.8) is 0 Å². The van der Waals surface area contributed by atoms with Crippen LogP contribution < -0.4 is 5.32 Å². The molecule has 1 amide bonds. The van der Waals surface area contributed by atoms with E-state index in [2.05, 4.69) is 10.3 Å². The summed E-state index contributed by atoms with van der Waals surface area (Å²) in [6, 6.07) is 3.77. The summed E-state index contributed by atoms with van der Waals surface area (Å²) < 4.78 is 0. The molecule has 0 atom stereocenters. The van der Waals surface area contributed by atoms with Gasteiger partial charge in [-0.15, -0.1) is 0 Å². The molecular weight excluding hydrogens is 152 g/mol. The van der Waals surface area contributed by atoms with Gasteiger partial charge in [0, 0.05) is 26.8 Å². The molecule has 1 rings (SSSR count). The number of rotatable bonds is 3. The Labute approximate surface area is 73.3 Å². The summed E-state index contributed by atoms with van der Waals surface area (Å²) in [4.78, 5) is 14.7. The minimum Gasteiger partial charge on any atom is -0.352 e. The van der Waals surface area contributed by atoms with Gasteiger partial charge in [0.15, 0.2) is 0 Å². The molecule has 0 unspecified atom stereocenters. The molecule has 66 valence electrons. The van der Waals surface area contributed by atoms with E-state index in [1.807, 2.05) is 19.1 Å². The monoisotopic (exact) mass is 166 g/mol. The van der Waals surface area contributed by atoms with Crippen molar-refractivity contribution in [2.45, 2.75) is 19.9 Å². The number of amides is 1. The van der Waals surface area contributed by atoms with Crippen LogP contribution in [-0.2, 0) is 11.3 Å². The molecule has 1 aromatic heterocycles. The summed E-state index contributed by atoms with van der Waals surface area (Å²) in [5.74, 6) is 0.0758. The minimum atomic E-state index is 0. The highest BCUT2D eigenvalue weighted by molar-refractivity contribution is 5.75. The number of nitrogens with zero attached hydrogens (tertiary/aromatic N) is 1. The van der Waals surface area contributed by atoms with Crippen molar-refractivity contribution >= 4 is 5.91 Å². The third kappa shape index (κ3) is 2.70. The van der Waals surface area contributed by atoms with Crippen LogP contribution in [0.3, 0.4) is 0 Å². The maximum Gasteiger partial charge on any atom is 0.219 e. The Morgan fingerprint density at radius 3 is 2.83 bits per heavy atom. The van der Waals surface area contributed by atoms with Crippen LogP contribution in [0.1, 0.15) is 20.3 Å². The van der Waals surface area contributed by atoms with Gasteiger partial charge in [0.1, 0.15) is 0 Å². The molecule has 3 heteroatoms. The first-order valence-electron chi connectivity index (χ1n) is 3.98. The Morgan fingerprint density at radius 1 is 1.58 bits per heavy atom. The average molecular weight is 166 g/mol. The van der Waals surface area contributed by atoms with E-state index >= 15 is 0 Å². The van der Waals surface area contributed by atoms with E-state index in [1.165, 1.54) is 0 Å². The van der Waals surface area contributed by atoms with E-state index < -0.39 is 0 Å². The van der Waals surface area contributed by atoms with Crippen LogP contribution in [0.25, 0.3) is 0 Å². The van der Waals surface area contributed by atoms with E-state index in [4.69, 9.17) is 0 Å². The van der Waals surface area contributed by atoms with Crippen LogP contribution in [0, 0.1) is 0 Å². The van der Waals surface area contributed by atoms with Gasteiger partial charge in [-0.1, -0.05) is 6.92 Å². The molecule has 1 heterocycles. The van der Waals surface area contributed by atoms with Gasteiger partial charge in [0.05, 0.1) is 0 Å². The SMILES string of the molecule is CCC(=O)NCc1ccncc1.[HH]. The molecule has 3 nitrogen and oxygen atoms in total. The number of carbonyl (C=O) groups excluding carboxylic acids is 1. The molecule has 1 aromatic rings. The van der Waals surface area contributed by atoms with E-state index in [1.54, 1.807) is 12.4 Å². The number of nitrogens with one attached hydrogen (secondary N) is 1. The van der Waals surface area contributed by atoms with Crippen LogP contribution in [0.15, 0.2) is 24.5 Å². The van der Waals surface area contributed by atoms with Gasteiger partial charge in [-0.05, 0) is 17.7 Å². The number of hydrogen-bond donors (Lipinski definition) is 1. The first-order valence-corrected chi connectivity index (χ1v) is 3.98. The van der Waals surface area contributed by atoms with Crippen molar-refractivity contribution in [3.8, 4) is 0 Å². The molecule has 0 radical (unpaired) electrons. The Bertz CT molecular complexity index is 251.